The maximum atomic E-state index is 12.4. The predicted octanol–water partition coefficient (Wildman–Crippen LogP) is 2.39. The van der Waals surface area contributed by atoms with Gasteiger partial charge in [-0.05, 0) is 43.2 Å². The second-order valence-corrected chi connectivity index (χ2v) is 5.64. The zero-order valence-corrected chi connectivity index (χ0v) is 10.9. The second kappa shape index (κ2) is 4.37. The highest BCUT2D eigenvalue weighted by molar-refractivity contribution is 6.02. The molecule has 1 aromatic carbocycles. The summed E-state index contributed by atoms with van der Waals surface area (Å²) in [5.41, 5.74) is 0.669. The predicted molar refractivity (Wildman–Crippen MR) is 71.1 cm³/mol. The Labute approximate surface area is 112 Å². The summed E-state index contributed by atoms with van der Waals surface area (Å²) in [6, 6.07) is 6.66. The molecule has 2 atom stereocenters. The highest BCUT2D eigenvalue weighted by Gasteiger charge is 2.48. The first-order valence-electron chi connectivity index (χ1n) is 6.68. The maximum Gasteiger partial charge on any atom is 0.337 e. The number of carbonyl (C=O) groups is 2. The summed E-state index contributed by atoms with van der Waals surface area (Å²) in [5, 5.41) is 9.17. The molecule has 2 fully saturated rings. The normalized spacial score (nSPS) is 27.7. The quantitative estimate of drug-likeness (QED) is 0.906. The van der Waals surface area contributed by atoms with Crippen LogP contribution in [0.15, 0.2) is 24.3 Å². The molecule has 3 rings (SSSR count). The van der Waals surface area contributed by atoms with Crippen LogP contribution in [-0.2, 0) is 4.79 Å². The van der Waals surface area contributed by atoms with Gasteiger partial charge in [0.25, 0.3) is 0 Å². The molecule has 4 nitrogen and oxygen atoms in total. The SMILES string of the molecule is CN(C(=O)C1CC2CC2C1)c1ccccc1C(=O)O. The molecule has 0 radical (unpaired) electrons. The van der Waals surface area contributed by atoms with Crippen molar-refractivity contribution in [3.8, 4) is 0 Å². The van der Waals surface area contributed by atoms with Gasteiger partial charge in [0.2, 0.25) is 5.91 Å². The third-order valence-corrected chi connectivity index (χ3v) is 4.42. The van der Waals surface area contributed by atoms with Gasteiger partial charge >= 0.3 is 5.97 Å². The lowest BCUT2D eigenvalue weighted by Crippen LogP contribution is -2.33. The number of fused-ring (bicyclic) bond motifs is 1. The van der Waals surface area contributed by atoms with E-state index in [0.29, 0.717) is 5.69 Å². The van der Waals surface area contributed by atoms with Gasteiger partial charge in [0.1, 0.15) is 0 Å². The Kier molecular flexibility index (Phi) is 2.81. The zero-order valence-electron chi connectivity index (χ0n) is 10.9. The van der Waals surface area contributed by atoms with Gasteiger partial charge in [-0.2, -0.15) is 0 Å². The average molecular weight is 259 g/mol. The smallest absolute Gasteiger partial charge is 0.337 e. The number of carboxylic acid groups (broad SMARTS) is 1. The molecule has 2 unspecified atom stereocenters. The number of nitrogens with zero attached hydrogens (tertiary/aromatic N) is 1. The topological polar surface area (TPSA) is 57.6 Å². The Hall–Kier alpha value is -1.84. The van der Waals surface area contributed by atoms with Crippen LogP contribution in [0.1, 0.15) is 29.6 Å². The van der Waals surface area contributed by atoms with E-state index < -0.39 is 5.97 Å². The number of aromatic carboxylic acids is 1. The van der Waals surface area contributed by atoms with E-state index in [4.69, 9.17) is 0 Å². The van der Waals surface area contributed by atoms with Gasteiger partial charge in [0, 0.05) is 13.0 Å². The summed E-state index contributed by atoms with van der Waals surface area (Å²) in [4.78, 5) is 25.1. The molecule has 0 bridgehead atoms. The van der Waals surface area contributed by atoms with Crippen molar-refractivity contribution in [2.24, 2.45) is 17.8 Å². The average Bonchev–Trinajstić information content (AvgIpc) is 3.03. The summed E-state index contributed by atoms with van der Waals surface area (Å²) in [5.74, 6) is 0.634. The van der Waals surface area contributed by atoms with E-state index in [0.717, 1.165) is 24.7 Å². The Bertz CT molecular complexity index is 530. The number of carbonyl (C=O) groups excluding carboxylic acids is 1. The summed E-state index contributed by atoms with van der Waals surface area (Å²) >= 11 is 0. The van der Waals surface area contributed by atoms with E-state index in [1.165, 1.54) is 17.4 Å². The summed E-state index contributed by atoms with van der Waals surface area (Å²) < 4.78 is 0. The minimum absolute atomic E-state index is 0.0564. The molecule has 1 aromatic rings. The maximum absolute atomic E-state index is 12.4. The number of para-hydroxylation sites is 1. The Balaban J connectivity index is 1.81. The van der Waals surface area contributed by atoms with E-state index in [-0.39, 0.29) is 17.4 Å². The highest BCUT2D eigenvalue weighted by atomic mass is 16.4. The standard InChI is InChI=1S/C15H17NO3/c1-16(13-5-3-2-4-12(13)15(18)19)14(17)11-7-9-6-10(9)8-11/h2-5,9-11H,6-8H2,1H3,(H,18,19). The number of benzene rings is 1. The molecule has 0 heterocycles. The zero-order chi connectivity index (χ0) is 13.6. The Morgan fingerprint density at radius 1 is 1.16 bits per heavy atom. The Morgan fingerprint density at radius 3 is 2.42 bits per heavy atom. The van der Waals surface area contributed by atoms with Gasteiger partial charge < -0.3 is 10.0 Å². The number of carboxylic acids is 1. The van der Waals surface area contributed by atoms with Crippen LogP contribution in [0.3, 0.4) is 0 Å². The van der Waals surface area contributed by atoms with Gasteiger partial charge in [0.05, 0.1) is 11.3 Å². The van der Waals surface area contributed by atoms with Gasteiger partial charge in [-0.3, -0.25) is 4.79 Å². The van der Waals surface area contributed by atoms with Gasteiger partial charge in [-0.15, -0.1) is 0 Å². The molecule has 2 saturated carbocycles. The molecule has 0 saturated heterocycles. The monoisotopic (exact) mass is 259 g/mol. The van der Waals surface area contributed by atoms with Crippen molar-refractivity contribution in [3.63, 3.8) is 0 Å². The van der Waals surface area contributed by atoms with Crippen LogP contribution in [-0.4, -0.2) is 24.0 Å². The van der Waals surface area contributed by atoms with Crippen molar-refractivity contribution in [2.45, 2.75) is 19.3 Å². The van der Waals surface area contributed by atoms with Crippen molar-refractivity contribution < 1.29 is 14.7 Å². The van der Waals surface area contributed by atoms with Crippen LogP contribution in [0.5, 0.6) is 0 Å². The molecule has 1 amide bonds. The molecule has 100 valence electrons. The fraction of sp³-hybridized carbons (Fsp3) is 0.467. The number of hydrogen-bond acceptors (Lipinski definition) is 2. The van der Waals surface area contributed by atoms with Crippen LogP contribution in [0.25, 0.3) is 0 Å². The van der Waals surface area contributed by atoms with Crippen molar-refractivity contribution >= 4 is 17.6 Å². The molecule has 4 heteroatoms. The van der Waals surface area contributed by atoms with Crippen LogP contribution in [0.2, 0.25) is 0 Å². The lowest BCUT2D eigenvalue weighted by Gasteiger charge is -2.23. The minimum atomic E-state index is -0.996. The number of amides is 1. The van der Waals surface area contributed by atoms with E-state index in [1.807, 2.05) is 0 Å². The van der Waals surface area contributed by atoms with Crippen molar-refractivity contribution in [3.05, 3.63) is 29.8 Å². The molecule has 1 N–H and O–H groups in total. The summed E-state index contributed by atoms with van der Waals surface area (Å²) in [6.45, 7) is 0. The summed E-state index contributed by atoms with van der Waals surface area (Å²) in [6.07, 6.45) is 3.23. The first-order valence-corrected chi connectivity index (χ1v) is 6.68. The fourth-order valence-electron chi connectivity index (χ4n) is 3.26. The lowest BCUT2D eigenvalue weighted by atomic mass is 10.0. The minimum Gasteiger partial charge on any atom is -0.478 e. The largest absolute Gasteiger partial charge is 0.478 e. The van der Waals surface area contributed by atoms with E-state index in [2.05, 4.69) is 0 Å². The van der Waals surface area contributed by atoms with Gasteiger partial charge in [0.15, 0.2) is 0 Å². The van der Waals surface area contributed by atoms with Crippen LogP contribution < -0.4 is 4.90 Å². The molecule has 0 spiro atoms. The second-order valence-electron chi connectivity index (χ2n) is 5.64. The van der Waals surface area contributed by atoms with E-state index in [1.54, 1.807) is 25.2 Å². The molecule has 2 aliphatic rings. The first-order chi connectivity index (χ1) is 9.08. The van der Waals surface area contributed by atoms with Crippen LogP contribution in [0.4, 0.5) is 5.69 Å². The summed E-state index contributed by atoms with van der Waals surface area (Å²) in [7, 11) is 1.67. The molecule has 2 aliphatic carbocycles. The number of rotatable bonds is 3. The molecule has 0 aliphatic heterocycles. The lowest BCUT2D eigenvalue weighted by molar-refractivity contribution is -0.122. The van der Waals surface area contributed by atoms with Gasteiger partial charge in [-0.25, -0.2) is 4.79 Å². The molecular weight excluding hydrogens is 242 g/mol. The molecule has 19 heavy (non-hydrogen) atoms. The van der Waals surface area contributed by atoms with E-state index in [9.17, 15) is 14.7 Å². The van der Waals surface area contributed by atoms with Crippen molar-refractivity contribution in [1.29, 1.82) is 0 Å². The first kappa shape index (κ1) is 12.2. The Morgan fingerprint density at radius 2 is 1.79 bits per heavy atom. The third-order valence-electron chi connectivity index (χ3n) is 4.42. The van der Waals surface area contributed by atoms with Crippen LogP contribution >= 0.6 is 0 Å². The van der Waals surface area contributed by atoms with Crippen LogP contribution in [0, 0.1) is 17.8 Å². The van der Waals surface area contributed by atoms with E-state index >= 15 is 0 Å². The highest BCUT2D eigenvalue weighted by Crippen LogP contribution is 2.54. The third kappa shape index (κ3) is 2.11. The number of hydrogen-bond donors (Lipinski definition) is 1. The number of anilines is 1. The van der Waals surface area contributed by atoms with Gasteiger partial charge in [-0.1, -0.05) is 12.1 Å². The van der Waals surface area contributed by atoms with Crippen molar-refractivity contribution in [1.82, 2.24) is 0 Å². The van der Waals surface area contributed by atoms with Crippen molar-refractivity contribution in [2.75, 3.05) is 11.9 Å². The molecule has 0 aromatic heterocycles. The molecular formula is C15H17NO3. The fourth-order valence-corrected chi connectivity index (χ4v) is 3.26.